The van der Waals surface area contributed by atoms with E-state index in [2.05, 4.69) is 9.62 Å². The molecule has 1 aliphatic rings. The van der Waals surface area contributed by atoms with Gasteiger partial charge in [-0.05, 0) is 68.4 Å². The Bertz CT molecular complexity index is 977. The van der Waals surface area contributed by atoms with Crippen molar-refractivity contribution in [3.63, 3.8) is 0 Å². The lowest BCUT2D eigenvalue weighted by molar-refractivity contribution is 0.0782. The summed E-state index contributed by atoms with van der Waals surface area (Å²) in [6, 6.07) is 8.94. The average Bonchev–Trinajstić information content (AvgIpc) is 3.21. The number of sulfonamides is 1. The number of halogens is 2. The Morgan fingerprint density at radius 1 is 1.17 bits per heavy atom. The van der Waals surface area contributed by atoms with Gasteiger partial charge in [0.05, 0.1) is 15.5 Å². The number of hydrogen-bond acceptors (Lipinski definition) is 4. The van der Waals surface area contributed by atoms with Crippen LogP contribution in [0.25, 0.3) is 0 Å². The Kier molecular flexibility index (Phi) is 6.77. The summed E-state index contributed by atoms with van der Waals surface area (Å²) < 4.78 is 40.7. The first-order valence-corrected chi connectivity index (χ1v) is 11.2. The minimum absolute atomic E-state index is 0.0949. The Morgan fingerprint density at radius 2 is 1.83 bits per heavy atom. The van der Waals surface area contributed by atoms with Crippen molar-refractivity contribution in [2.45, 2.75) is 17.7 Å². The molecule has 1 N–H and O–H groups in total. The number of rotatable bonds is 7. The summed E-state index contributed by atoms with van der Waals surface area (Å²) in [6.45, 7) is 3.36. The van der Waals surface area contributed by atoms with E-state index in [0.717, 1.165) is 31.8 Å². The number of carbonyl (C=O) groups is 1. The van der Waals surface area contributed by atoms with Crippen LogP contribution in [0.3, 0.4) is 0 Å². The molecule has 1 heterocycles. The van der Waals surface area contributed by atoms with Crippen molar-refractivity contribution >= 4 is 33.2 Å². The maximum absolute atomic E-state index is 13.0. The minimum atomic E-state index is -3.96. The summed E-state index contributed by atoms with van der Waals surface area (Å²) in [4.78, 5) is 16.6. The van der Waals surface area contributed by atoms with E-state index in [1.54, 1.807) is 11.9 Å². The fraction of sp³-hybridized carbons (Fsp3) is 0.350. The number of amides is 1. The topological polar surface area (TPSA) is 69.7 Å². The van der Waals surface area contributed by atoms with Crippen molar-refractivity contribution in [3.05, 3.63) is 58.9 Å². The van der Waals surface area contributed by atoms with E-state index in [0.29, 0.717) is 6.54 Å². The molecule has 2 aromatic rings. The third-order valence-corrected chi connectivity index (χ3v) is 6.58. The van der Waals surface area contributed by atoms with Crippen LogP contribution in [0.5, 0.6) is 0 Å². The highest BCUT2D eigenvalue weighted by Gasteiger charge is 2.22. The van der Waals surface area contributed by atoms with Crippen molar-refractivity contribution in [3.8, 4) is 0 Å². The Labute approximate surface area is 175 Å². The number of carbonyl (C=O) groups excluding carboxylic acids is 1. The molecule has 2 aromatic carbocycles. The highest BCUT2D eigenvalue weighted by Crippen LogP contribution is 2.24. The van der Waals surface area contributed by atoms with E-state index in [-0.39, 0.29) is 27.1 Å². The maximum Gasteiger partial charge on any atom is 0.261 e. The highest BCUT2D eigenvalue weighted by molar-refractivity contribution is 7.92. The predicted octanol–water partition coefficient (Wildman–Crippen LogP) is 3.45. The molecule has 29 heavy (non-hydrogen) atoms. The second-order valence-corrected chi connectivity index (χ2v) is 9.12. The molecule has 0 saturated carbocycles. The third kappa shape index (κ3) is 5.46. The summed E-state index contributed by atoms with van der Waals surface area (Å²) in [5, 5.41) is 0.184. The number of benzene rings is 2. The molecular weight excluding hydrogens is 417 g/mol. The third-order valence-electron chi connectivity index (χ3n) is 4.87. The molecule has 156 valence electrons. The molecule has 0 atom stereocenters. The number of nitrogens with one attached hydrogen (secondary N) is 1. The van der Waals surface area contributed by atoms with Gasteiger partial charge >= 0.3 is 0 Å². The molecule has 1 aliphatic heterocycles. The smallest absolute Gasteiger partial charge is 0.261 e. The molecule has 1 fully saturated rings. The van der Waals surface area contributed by atoms with Gasteiger partial charge in [0.2, 0.25) is 0 Å². The lowest BCUT2D eigenvalue weighted by atomic mass is 10.2. The molecule has 0 bridgehead atoms. The zero-order valence-corrected chi connectivity index (χ0v) is 17.6. The molecule has 0 aliphatic carbocycles. The van der Waals surface area contributed by atoms with Crippen LogP contribution in [-0.4, -0.2) is 57.4 Å². The van der Waals surface area contributed by atoms with E-state index in [1.165, 1.54) is 43.2 Å². The monoisotopic (exact) mass is 439 g/mol. The summed E-state index contributed by atoms with van der Waals surface area (Å²) in [5.74, 6) is -0.808. The van der Waals surface area contributed by atoms with Crippen LogP contribution in [0.1, 0.15) is 23.2 Å². The van der Waals surface area contributed by atoms with Gasteiger partial charge in [0, 0.05) is 25.8 Å². The van der Waals surface area contributed by atoms with Gasteiger partial charge < -0.3 is 9.80 Å². The molecule has 6 nitrogen and oxygen atoms in total. The van der Waals surface area contributed by atoms with Gasteiger partial charge in [0.15, 0.2) is 0 Å². The van der Waals surface area contributed by atoms with Crippen LogP contribution >= 0.6 is 11.6 Å². The normalized spacial score (nSPS) is 14.7. The summed E-state index contributed by atoms with van der Waals surface area (Å²) in [6.07, 6.45) is 2.34. The lowest BCUT2D eigenvalue weighted by Gasteiger charge is -2.22. The van der Waals surface area contributed by atoms with E-state index in [4.69, 9.17) is 11.6 Å². The van der Waals surface area contributed by atoms with Crippen LogP contribution in [0.15, 0.2) is 47.4 Å². The first-order chi connectivity index (χ1) is 13.8. The van der Waals surface area contributed by atoms with Crippen molar-refractivity contribution < 1.29 is 17.6 Å². The van der Waals surface area contributed by atoms with Crippen LogP contribution in [0.2, 0.25) is 5.02 Å². The van der Waals surface area contributed by atoms with E-state index >= 15 is 0 Å². The molecule has 1 amide bonds. The van der Waals surface area contributed by atoms with Crippen molar-refractivity contribution in [2.75, 3.05) is 37.9 Å². The number of likely N-dealkylation sites (N-methyl/N-ethyl adjacent to an activating group) is 1. The van der Waals surface area contributed by atoms with E-state index in [9.17, 15) is 17.6 Å². The van der Waals surface area contributed by atoms with E-state index in [1.807, 2.05) is 0 Å². The number of nitrogens with zero attached hydrogens (tertiary/aromatic N) is 2. The molecule has 1 saturated heterocycles. The number of hydrogen-bond donors (Lipinski definition) is 1. The summed E-state index contributed by atoms with van der Waals surface area (Å²) in [7, 11) is -2.29. The SMILES string of the molecule is CN(CCN1CCCC1)C(=O)c1cc(S(=O)(=O)Nc2ccc(F)cc2)ccc1Cl. The van der Waals surface area contributed by atoms with Gasteiger partial charge in [-0.1, -0.05) is 11.6 Å². The van der Waals surface area contributed by atoms with Crippen molar-refractivity contribution in [1.29, 1.82) is 0 Å². The number of likely N-dealkylation sites (tertiary alicyclic amines) is 1. The zero-order valence-electron chi connectivity index (χ0n) is 16.1. The Balaban J connectivity index is 1.75. The number of anilines is 1. The van der Waals surface area contributed by atoms with Crippen LogP contribution < -0.4 is 4.72 Å². The van der Waals surface area contributed by atoms with Crippen LogP contribution in [0, 0.1) is 5.82 Å². The van der Waals surface area contributed by atoms with Crippen LogP contribution in [0.4, 0.5) is 10.1 Å². The predicted molar refractivity (Wildman–Crippen MR) is 111 cm³/mol. The fourth-order valence-electron chi connectivity index (χ4n) is 3.17. The second-order valence-electron chi connectivity index (χ2n) is 7.03. The summed E-state index contributed by atoms with van der Waals surface area (Å²) >= 11 is 6.18. The Hall–Kier alpha value is -2.16. The molecule has 0 aromatic heterocycles. The van der Waals surface area contributed by atoms with Gasteiger partial charge in [0.25, 0.3) is 15.9 Å². The first kappa shape index (κ1) is 21.5. The molecular formula is C20H23ClFN3O3S. The summed E-state index contributed by atoms with van der Waals surface area (Å²) in [5.41, 5.74) is 0.342. The van der Waals surface area contributed by atoms with Crippen molar-refractivity contribution in [1.82, 2.24) is 9.80 Å². The fourth-order valence-corrected chi connectivity index (χ4v) is 4.46. The standard InChI is InChI=1S/C20H23ClFN3O3S/c1-24(12-13-25-10-2-3-11-25)20(26)18-14-17(8-9-19(18)21)29(27,28)23-16-6-4-15(22)5-7-16/h4-9,14,23H,2-3,10-13H2,1H3. The highest BCUT2D eigenvalue weighted by atomic mass is 35.5. The largest absolute Gasteiger partial charge is 0.340 e. The van der Waals surface area contributed by atoms with Gasteiger partial charge in [-0.2, -0.15) is 0 Å². The van der Waals surface area contributed by atoms with Gasteiger partial charge in [-0.25, -0.2) is 12.8 Å². The lowest BCUT2D eigenvalue weighted by Crippen LogP contribution is -2.35. The average molecular weight is 440 g/mol. The maximum atomic E-state index is 13.0. The zero-order chi connectivity index (χ0) is 21.0. The molecule has 9 heteroatoms. The quantitative estimate of drug-likeness (QED) is 0.717. The van der Waals surface area contributed by atoms with Gasteiger partial charge in [-0.15, -0.1) is 0 Å². The van der Waals surface area contributed by atoms with Gasteiger partial charge in [0.1, 0.15) is 5.82 Å². The van der Waals surface area contributed by atoms with E-state index < -0.39 is 15.8 Å². The van der Waals surface area contributed by atoms with Crippen molar-refractivity contribution in [2.24, 2.45) is 0 Å². The minimum Gasteiger partial charge on any atom is -0.340 e. The first-order valence-electron chi connectivity index (χ1n) is 9.32. The molecule has 0 unspecified atom stereocenters. The molecule has 0 radical (unpaired) electrons. The molecule has 3 rings (SSSR count). The Morgan fingerprint density at radius 3 is 2.48 bits per heavy atom. The van der Waals surface area contributed by atoms with Crippen LogP contribution in [-0.2, 0) is 10.0 Å². The molecule has 0 spiro atoms. The van der Waals surface area contributed by atoms with Gasteiger partial charge in [-0.3, -0.25) is 9.52 Å². The second kappa shape index (κ2) is 9.11.